The Balaban J connectivity index is 1.51. The van der Waals surface area contributed by atoms with Gasteiger partial charge in [-0.3, -0.25) is 4.79 Å². The maximum Gasteiger partial charge on any atom is 0.253 e. The molecule has 4 rings (SSSR count). The highest BCUT2D eigenvalue weighted by atomic mass is 32.2. The highest BCUT2D eigenvalue weighted by Crippen LogP contribution is 2.26. The lowest BCUT2D eigenvalue weighted by Crippen LogP contribution is -2.37. The third-order valence-electron chi connectivity index (χ3n) is 5.26. The zero-order valence-corrected chi connectivity index (χ0v) is 17.0. The summed E-state index contributed by atoms with van der Waals surface area (Å²) >= 11 is 0. The number of benzene rings is 2. The number of carbonyl (C=O) groups is 1. The van der Waals surface area contributed by atoms with Gasteiger partial charge in [0.15, 0.2) is 9.84 Å². The van der Waals surface area contributed by atoms with Crippen molar-refractivity contribution in [1.82, 2.24) is 15.1 Å². The molecule has 1 aromatic heterocycles. The summed E-state index contributed by atoms with van der Waals surface area (Å²) in [6, 6.07) is 14.4. The molecule has 1 atom stereocenters. The van der Waals surface area contributed by atoms with Gasteiger partial charge in [0.1, 0.15) is 0 Å². The number of rotatable bonds is 4. The molecule has 29 heavy (non-hydrogen) atoms. The van der Waals surface area contributed by atoms with Crippen LogP contribution in [0.4, 0.5) is 0 Å². The number of sulfone groups is 1. The molecule has 0 N–H and O–H groups in total. The Bertz CT molecular complexity index is 1150. The molecule has 0 spiro atoms. The first-order valence-electron chi connectivity index (χ1n) is 9.31. The molecule has 0 aliphatic carbocycles. The van der Waals surface area contributed by atoms with E-state index in [1.165, 1.54) is 4.90 Å². The predicted octanol–water partition coefficient (Wildman–Crippen LogP) is 2.97. The first-order valence-corrected chi connectivity index (χ1v) is 11.1. The van der Waals surface area contributed by atoms with Crippen molar-refractivity contribution in [3.05, 3.63) is 59.7 Å². The molecule has 1 saturated heterocycles. The average Bonchev–Trinajstić information content (AvgIpc) is 3.34. The van der Waals surface area contributed by atoms with Crippen LogP contribution in [-0.4, -0.2) is 54.0 Å². The fraction of sp³-hybridized carbons (Fsp3) is 0.286. The molecule has 7 nitrogen and oxygen atoms in total. The number of hydrogen-bond acceptors (Lipinski definition) is 6. The van der Waals surface area contributed by atoms with Crippen LogP contribution in [-0.2, 0) is 9.84 Å². The van der Waals surface area contributed by atoms with Crippen LogP contribution in [0.25, 0.3) is 22.9 Å². The van der Waals surface area contributed by atoms with Gasteiger partial charge in [-0.25, -0.2) is 8.42 Å². The first kappa shape index (κ1) is 19.3. The third kappa shape index (κ3) is 3.93. The minimum atomic E-state index is -3.04. The van der Waals surface area contributed by atoms with Crippen LogP contribution in [0.15, 0.2) is 52.9 Å². The molecule has 1 aliphatic rings. The van der Waals surface area contributed by atoms with E-state index in [0.717, 1.165) is 11.1 Å². The number of hydrogen-bond donors (Lipinski definition) is 0. The minimum absolute atomic E-state index is 0.0248. The SMILES string of the molecule is Cc1ccccc1-c1nnc(-c2ccc(C(=O)N(C)C3CCS(=O)(=O)C3)cc2)o1. The van der Waals surface area contributed by atoms with Gasteiger partial charge in [-0.05, 0) is 49.2 Å². The molecule has 2 heterocycles. The number of aromatic nitrogens is 2. The highest BCUT2D eigenvalue weighted by Gasteiger charge is 2.33. The fourth-order valence-corrected chi connectivity index (χ4v) is 5.24. The van der Waals surface area contributed by atoms with Crippen LogP contribution in [0.5, 0.6) is 0 Å². The Labute approximate surface area is 169 Å². The highest BCUT2D eigenvalue weighted by molar-refractivity contribution is 7.91. The number of carbonyl (C=O) groups excluding carboxylic acids is 1. The summed E-state index contributed by atoms with van der Waals surface area (Å²) in [5.74, 6) is 0.772. The van der Waals surface area contributed by atoms with Crippen LogP contribution in [0.3, 0.4) is 0 Å². The number of amides is 1. The summed E-state index contributed by atoms with van der Waals surface area (Å²) in [5, 5.41) is 8.24. The van der Waals surface area contributed by atoms with E-state index in [0.29, 0.717) is 29.3 Å². The Hall–Kier alpha value is -3.00. The van der Waals surface area contributed by atoms with Crippen molar-refractivity contribution in [2.45, 2.75) is 19.4 Å². The second kappa shape index (κ2) is 7.44. The molecular weight excluding hydrogens is 390 g/mol. The Morgan fingerprint density at radius 3 is 2.41 bits per heavy atom. The molecule has 3 aromatic rings. The van der Waals surface area contributed by atoms with Gasteiger partial charge in [0.25, 0.3) is 5.91 Å². The molecule has 1 unspecified atom stereocenters. The summed E-state index contributed by atoms with van der Waals surface area (Å²) in [4.78, 5) is 14.2. The van der Waals surface area contributed by atoms with Crippen molar-refractivity contribution in [3.8, 4) is 22.9 Å². The lowest BCUT2D eigenvalue weighted by atomic mass is 10.1. The van der Waals surface area contributed by atoms with Gasteiger partial charge in [-0.1, -0.05) is 18.2 Å². The zero-order valence-electron chi connectivity index (χ0n) is 16.2. The van der Waals surface area contributed by atoms with Crippen LogP contribution >= 0.6 is 0 Å². The topological polar surface area (TPSA) is 93.4 Å². The van der Waals surface area contributed by atoms with Gasteiger partial charge in [-0.2, -0.15) is 0 Å². The van der Waals surface area contributed by atoms with Gasteiger partial charge in [0.2, 0.25) is 11.8 Å². The van der Waals surface area contributed by atoms with Crippen LogP contribution in [0.1, 0.15) is 22.3 Å². The molecule has 0 bridgehead atoms. The van der Waals surface area contributed by atoms with E-state index < -0.39 is 9.84 Å². The molecule has 1 aliphatic heterocycles. The molecule has 150 valence electrons. The standard InChI is InChI=1S/C21H21N3O4S/c1-14-5-3-4-6-18(14)20-23-22-19(28-20)15-7-9-16(10-8-15)21(25)24(2)17-11-12-29(26,27)13-17/h3-10,17H,11-13H2,1-2H3. The third-order valence-corrected chi connectivity index (χ3v) is 7.01. The molecular formula is C21H21N3O4S. The van der Waals surface area contributed by atoms with Gasteiger partial charge >= 0.3 is 0 Å². The van der Waals surface area contributed by atoms with Crippen molar-refractivity contribution < 1.29 is 17.6 Å². The van der Waals surface area contributed by atoms with Crippen LogP contribution < -0.4 is 0 Å². The second-order valence-corrected chi connectivity index (χ2v) is 9.51. The average molecular weight is 411 g/mol. The first-order chi connectivity index (χ1) is 13.8. The van der Waals surface area contributed by atoms with E-state index in [1.54, 1.807) is 31.3 Å². The van der Waals surface area contributed by atoms with Gasteiger partial charge < -0.3 is 9.32 Å². The zero-order chi connectivity index (χ0) is 20.6. The van der Waals surface area contributed by atoms with E-state index in [9.17, 15) is 13.2 Å². The van der Waals surface area contributed by atoms with E-state index in [2.05, 4.69) is 10.2 Å². The van der Waals surface area contributed by atoms with Crippen molar-refractivity contribution in [2.24, 2.45) is 0 Å². The molecule has 8 heteroatoms. The molecule has 2 aromatic carbocycles. The quantitative estimate of drug-likeness (QED) is 0.655. The van der Waals surface area contributed by atoms with E-state index in [1.807, 2.05) is 31.2 Å². The Morgan fingerprint density at radius 1 is 1.07 bits per heavy atom. The monoisotopic (exact) mass is 411 g/mol. The summed E-state index contributed by atoms with van der Waals surface area (Å²) in [6.45, 7) is 1.98. The molecule has 0 radical (unpaired) electrons. The summed E-state index contributed by atoms with van der Waals surface area (Å²) in [6.07, 6.45) is 0.478. The van der Waals surface area contributed by atoms with Gasteiger partial charge in [0, 0.05) is 29.8 Å². The lowest BCUT2D eigenvalue weighted by molar-refractivity contribution is 0.0747. The summed E-state index contributed by atoms with van der Waals surface area (Å²) < 4.78 is 29.1. The van der Waals surface area contributed by atoms with Crippen LogP contribution in [0, 0.1) is 6.92 Å². The molecule has 0 saturated carbocycles. The number of aryl methyl sites for hydroxylation is 1. The second-order valence-electron chi connectivity index (χ2n) is 7.28. The fourth-order valence-electron chi connectivity index (χ4n) is 3.47. The Kier molecular flexibility index (Phi) is 4.96. The van der Waals surface area contributed by atoms with Crippen molar-refractivity contribution in [3.63, 3.8) is 0 Å². The van der Waals surface area contributed by atoms with E-state index in [4.69, 9.17) is 4.42 Å². The van der Waals surface area contributed by atoms with Crippen molar-refractivity contribution >= 4 is 15.7 Å². The van der Waals surface area contributed by atoms with Gasteiger partial charge in [0.05, 0.1) is 11.5 Å². The Morgan fingerprint density at radius 2 is 1.76 bits per heavy atom. The summed E-state index contributed by atoms with van der Waals surface area (Å²) in [7, 11) is -1.40. The summed E-state index contributed by atoms with van der Waals surface area (Å²) in [5.41, 5.74) is 3.12. The lowest BCUT2D eigenvalue weighted by Gasteiger charge is -2.23. The normalized spacial score (nSPS) is 17.9. The molecule has 1 amide bonds. The van der Waals surface area contributed by atoms with Crippen molar-refractivity contribution in [1.29, 1.82) is 0 Å². The maximum absolute atomic E-state index is 12.7. The van der Waals surface area contributed by atoms with E-state index >= 15 is 0 Å². The van der Waals surface area contributed by atoms with Crippen LogP contribution in [0.2, 0.25) is 0 Å². The molecule has 1 fully saturated rings. The smallest absolute Gasteiger partial charge is 0.253 e. The largest absolute Gasteiger partial charge is 0.416 e. The predicted molar refractivity (Wildman–Crippen MR) is 109 cm³/mol. The van der Waals surface area contributed by atoms with E-state index in [-0.39, 0.29) is 23.5 Å². The van der Waals surface area contributed by atoms with Gasteiger partial charge in [-0.15, -0.1) is 10.2 Å². The minimum Gasteiger partial charge on any atom is -0.416 e. The maximum atomic E-state index is 12.7. The number of nitrogens with zero attached hydrogens (tertiary/aromatic N) is 3. The van der Waals surface area contributed by atoms with Crippen molar-refractivity contribution in [2.75, 3.05) is 18.6 Å².